The molecule has 100 valence electrons. The number of aromatic amines is 1. The van der Waals surface area contributed by atoms with Gasteiger partial charge in [0.25, 0.3) is 0 Å². The molecule has 0 saturated carbocycles. The number of pyridine rings is 1. The van der Waals surface area contributed by atoms with Gasteiger partial charge in [-0.1, -0.05) is 26.0 Å². The van der Waals surface area contributed by atoms with Crippen LogP contribution in [0.25, 0.3) is 0 Å². The third-order valence-electron chi connectivity index (χ3n) is 2.06. The van der Waals surface area contributed by atoms with Gasteiger partial charge >= 0.3 is 0 Å². The first-order chi connectivity index (χ1) is 8.74. The highest BCUT2D eigenvalue weighted by Crippen LogP contribution is 2.05. The molecular weight excluding hydrogens is 224 g/mol. The normalized spacial score (nSPS) is 10.1. The second-order valence-corrected chi connectivity index (χ2v) is 3.22. The SMILES string of the molecule is C#C.C=CCCNC(C)c1cccc(=O)[nH]1.CC. The van der Waals surface area contributed by atoms with Crippen molar-refractivity contribution in [3.63, 3.8) is 0 Å². The molecule has 0 aliphatic rings. The minimum Gasteiger partial charge on any atom is -0.325 e. The molecule has 0 aliphatic carbocycles. The lowest BCUT2D eigenvalue weighted by Crippen LogP contribution is -2.22. The molecule has 0 aromatic carbocycles. The van der Waals surface area contributed by atoms with Crippen LogP contribution in [0.4, 0.5) is 0 Å². The van der Waals surface area contributed by atoms with Gasteiger partial charge in [0, 0.05) is 17.8 Å². The lowest BCUT2D eigenvalue weighted by atomic mass is 10.2. The van der Waals surface area contributed by atoms with Gasteiger partial charge in [-0.25, -0.2) is 0 Å². The summed E-state index contributed by atoms with van der Waals surface area (Å²) in [5.74, 6) is 0. The maximum absolute atomic E-state index is 11.0. The standard InChI is InChI=1S/C11H16N2O.C2H6.C2H2/c1-3-4-8-12-9(2)10-6-5-7-11(14)13-10;2*1-2/h3,5-7,9,12H,1,4,8H2,2H3,(H,13,14);1-2H3;1-2H. The Labute approximate surface area is 110 Å². The number of terminal acetylenes is 1. The van der Waals surface area contributed by atoms with Crippen molar-refractivity contribution < 1.29 is 0 Å². The Kier molecular flexibility index (Phi) is 13.7. The van der Waals surface area contributed by atoms with Crippen molar-refractivity contribution in [2.75, 3.05) is 6.54 Å². The van der Waals surface area contributed by atoms with E-state index >= 15 is 0 Å². The summed E-state index contributed by atoms with van der Waals surface area (Å²) in [6.45, 7) is 10.5. The summed E-state index contributed by atoms with van der Waals surface area (Å²) >= 11 is 0. The largest absolute Gasteiger partial charge is 0.325 e. The Balaban J connectivity index is 0. The van der Waals surface area contributed by atoms with Crippen LogP contribution in [0.2, 0.25) is 0 Å². The first kappa shape index (κ1) is 18.6. The summed E-state index contributed by atoms with van der Waals surface area (Å²) in [7, 11) is 0. The number of rotatable bonds is 5. The van der Waals surface area contributed by atoms with Gasteiger partial charge in [-0.3, -0.25) is 4.79 Å². The lowest BCUT2D eigenvalue weighted by molar-refractivity contribution is 0.567. The highest BCUT2D eigenvalue weighted by atomic mass is 16.1. The molecule has 0 aliphatic heterocycles. The van der Waals surface area contributed by atoms with E-state index in [1.807, 2.05) is 32.9 Å². The first-order valence-electron chi connectivity index (χ1n) is 6.11. The first-order valence-corrected chi connectivity index (χ1v) is 6.11. The van der Waals surface area contributed by atoms with E-state index in [0.29, 0.717) is 0 Å². The number of hydrogen-bond acceptors (Lipinski definition) is 2. The molecule has 1 rings (SSSR count). The van der Waals surface area contributed by atoms with Crippen LogP contribution < -0.4 is 10.9 Å². The van der Waals surface area contributed by atoms with Crippen molar-refractivity contribution in [1.82, 2.24) is 10.3 Å². The molecule has 3 nitrogen and oxygen atoms in total. The van der Waals surface area contributed by atoms with E-state index in [2.05, 4.69) is 29.7 Å². The summed E-state index contributed by atoms with van der Waals surface area (Å²) in [5, 5.41) is 3.29. The molecule has 3 heteroatoms. The quantitative estimate of drug-likeness (QED) is 0.478. The van der Waals surface area contributed by atoms with Gasteiger partial charge in [0.15, 0.2) is 0 Å². The van der Waals surface area contributed by atoms with Gasteiger partial charge in [-0.15, -0.1) is 19.4 Å². The van der Waals surface area contributed by atoms with Crippen LogP contribution in [-0.2, 0) is 0 Å². The summed E-state index contributed by atoms with van der Waals surface area (Å²) in [6.07, 6.45) is 10.8. The van der Waals surface area contributed by atoms with Gasteiger partial charge in [0.1, 0.15) is 0 Å². The Bertz CT molecular complexity index is 379. The van der Waals surface area contributed by atoms with Crippen LogP contribution in [0.3, 0.4) is 0 Å². The number of hydrogen-bond donors (Lipinski definition) is 2. The van der Waals surface area contributed by atoms with Gasteiger partial charge in [-0.05, 0) is 26.0 Å². The molecule has 1 aromatic heterocycles. The highest BCUT2D eigenvalue weighted by molar-refractivity contribution is 5.07. The number of H-pyrrole nitrogens is 1. The molecule has 0 radical (unpaired) electrons. The molecule has 1 atom stereocenters. The van der Waals surface area contributed by atoms with Crippen molar-refractivity contribution in [3.8, 4) is 12.8 Å². The van der Waals surface area contributed by atoms with E-state index in [4.69, 9.17) is 0 Å². The van der Waals surface area contributed by atoms with Crippen molar-refractivity contribution in [2.24, 2.45) is 0 Å². The van der Waals surface area contributed by atoms with Gasteiger partial charge in [0.05, 0.1) is 0 Å². The Morgan fingerprint density at radius 1 is 1.44 bits per heavy atom. The van der Waals surface area contributed by atoms with E-state index < -0.39 is 0 Å². The van der Waals surface area contributed by atoms with Gasteiger partial charge in [-0.2, -0.15) is 0 Å². The zero-order valence-electron chi connectivity index (χ0n) is 11.6. The second-order valence-electron chi connectivity index (χ2n) is 3.22. The van der Waals surface area contributed by atoms with Crippen LogP contribution in [0.1, 0.15) is 38.9 Å². The molecule has 1 unspecified atom stereocenters. The lowest BCUT2D eigenvalue weighted by Gasteiger charge is -2.12. The molecule has 1 aromatic rings. The average Bonchev–Trinajstić information content (AvgIpc) is 2.43. The van der Waals surface area contributed by atoms with Crippen molar-refractivity contribution in [3.05, 3.63) is 46.9 Å². The van der Waals surface area contributed by atoms with E-state index in [1.54, 1.807) is 6.07 Å². The topological polar surface area (TPSA) is 44.9 Å². The summed E-state index contributed by atoms with van der Waals surface area (Å²) in [4.78, 5) is 13.8. The fourth-order valence-electron chi connectivity index (χ4n) is 1.23. The fourth-order valence-corrected chi connectivity index (χ4v) is 1.23. The Hall–Kier alpha value is -1.79. The van der Waals surface area contributed by atoms with E-state index in [0.717, 1.165) is 18.7 Å². The van der Waals surface area contributed by atoms with E-state index in [1.165, 1.54) is 6.07 Å². The number of nitrogens with one attached hydrogen (secondary N) is 2. The van der Waals surface area contributed by atoms with Crippen LogP contribution in [-0.4, -0.2) is 11.5 Å². The summed E-state index contributed by atoms with van der Waals surface area (Å²) in [6, 6.07) is 5.36. The molecule has 2 N–H and O–H groups in total. The zero-order valence-corrected chi connectivity index (χ0v) is 11.6. The molecule has 0 bridgehead atoms. The molecule has 0 amide bonds. The monoisotopic (exact) mass is 248 g/mol. The Morgan fingerprint density at radius 2 is 2.06 bits per heavy atom. The maximum atomic E-state index is 11.0. The smallest absolute Gasteiger partial charge is 0.248 e. The highest BCUT2D eigenvalue weighted by Gasteiger charge is 2.03. The third kappa shape index (κ3) is 8.37. The predicted octanol–water partition coefficient (Wildman–Crippen LogP) is 2.88. The molecule has 18 heavy (non-hydrogen) atoms. The van der Waals surface area contributed by atoms with Crippen LogP contribution >= 0.6 is 0 Å². The minimum atomic E-state index is -0.0557. The zero-order chi connectivity index (χ0) is 14.4. The molecule has 0 spiro atoms. The maximum Gasteiger partial charge on any atom is 0.248 e. The van der Waals surface area contributed by atoms with E-state index in [-0.39, 0.29) is 11.6 Å². The summed E-state index contributed by atoms with van der Waals surface area (Å²) < 4.78 is 0. The van der Waals surface area contributed by atoms with E-state index in [9.17, 15) is 4.79 Å². The molecule has 0 saturated heterocycles. The van der Waals surface area contributed by atoms with Crippen molar-refractivity contribution in [2.45, 2.75) is 33.2 Å². The van der Waals surface area contributed by atoms with Crippen LogP contribution in [0, 0.1) is 12.8 Å². The van der Waals surface area contributed by atoms with Crippen molar-refractivity contribution in [1.29, 1.82) is 0 Å². The molecule has 1 heterocycles. The summed E-state index contributed by atoms with van der Waals surface area (Å²) in [5.41, 5.74) is 0.862. The Morgan fingerprint density at radius 3 is 2.56 bits per heavy atom. The van der Waals surface area contributed by atoms with Crippen LogP contribution in [0.15, 0.2) is 35.6 Å². The van der Waals surface area contributed by atoms with Gasteiger partial charge < -0.3 is 10.3 Å². The average molecular weight is 248 g/mol. The van der Waals surface area contributed by atoms with Gasteiger partial charge in [0.2, 0.25) is 5.56 Å². The third-order valence-corrected chi connectivity index (χ3v) is 2.06. The van der Waals surface area contributed by atoms with Crippen LogP contribution in [0.5, 0.6) is 0 Å². The number of aromatic nitrogens is 1. The molecule has 0 fully saturated rings. The van der Waals surface area contributed by atoms with Crippen molar-refractivity contribution >= 4 is 0 Å². The second kappa shape index (κ2) is 13.3. The molecular formula is C15H24N2O. The predicted molar refractivity (Wildman–Crippen MR) is 79.5 cm³/mol. The minimum absolute atomic E-state index is 0.0557. The fraction of sp³-hybridized carbons (Fsp3) is 0.400.